The molecule has 0 aromatic heterocycles. The summed E-state index contributed by atoms with van der Waals surface area (Å²) in [5.74, 6) is 0.871. The number of rotatable bonds is 6. The van der Waals surface area contributed by atoms with Crippen molar-refractivity contribution in [3.05, 3.63) is 60.2 Å². The van der Waals surface area contributed by atoms with Gasteiger partial charge in [-0.25, -0.2) is 0 Å². The minimum absolute atomic E-state index is 0.0459. The first kappa shape index (κ1) is 18.4. The van der Waals surface area contributed by atoms with Crippen molar-refractivity contribution in [3.8, 4) is 5.75 Å². The molecule has 26 heavy (non-hydrogen) atoms. The molecule has 1 heterocycles. The van der Waals surface area contributed by atoms with Gasteiger partial charge in [0.15, 0.2) is 6.04 Å². The fourth-order valence-electron chi connectivity index (χ4n) is 3.53. The largest absolute Gasteiger partial charge is 0.497 e. The van der Waals surface area contributed by atoms with Crippen LogP contribution in [-0.4, -0.2) is 45.2 Å². The van der Waals surface area contributed by atoms with E-state index in [1.165, 1.54) is 10.5 Å². The third-order valence-electron chi connectivity index (χ3n) is 5.26. The molecule has 3 rings (SSSR count). The number of benzene rings is 2. The second-order valence-corrected chi connectivity index (χ2v) is 7.01. The van der Waals surface area contributed by atoms with E-state index in [-0.39, 0.29) is 11.9 Å². The summed E-state index contributed by atoms with van der Waals surface area (Å²) >= 11 is 0. The van der Waals surface area contributed by atoms with Gasteiger partial charge in [-0.2, -0.15) is 0 Å². The number of amides is 1. The first-order valence-electron chi connectivity index (χ1n) is 9.32. The molecule has 2 aromatic rings. The first-order chi connectivity index (χ1) is 12.7. The number of carbonyl (C=O) groups excluding carboxylic acids is 1. The maximum Gasteiger partial charge on any atom is 0.282 e. The number of hydrogen-bond donors (Lipinski definition) is 3. The Morgan fingerprint density at radius 3 is 2.31 bits per heavy atom. The minimum Gasteiger partial charge on any atom is -0.497 e. The van der Waals surface area contributed by atoms with Crippen LogP contribution in [0.3, 0.4) is 0 Å². The maximum absolute atomic E-state index is 12.6. The normalized spacial score (nSPS) is 21.0. The van der Waals surface area contributed by atoms with E-state index in [1.807, 2.05) is 31.2 Å². The third-order valence-corrected chi connectivity index (χ3v) is 5.26. The van der Waals surface area contributed by atoms with E-state index in [1.54, 1.807) is 12.0 Å². The average Bonchev–Trinajstić information content (AvgIpc) is 2.69. The van der Waals surface area contributed by atoms with E-state index in [9.17, 15) is 4.79 Å². The number of nitrogens with one attached hydrogen (secondary N) is 3. The van der Waals surface area contributed by atoms with Gasteiger partial charge in [0, 0.05) is 11.3 Å². The number of hydrogen-bond acceptors (Lipinski definition) is 2. The van der Waals surface area contributed by atoms with Crippen LogP contribution in [0.25, 0.3) is 0 Å². The molecular formula is C21H29N3O2+2. The summed E-state index contributed by atoms with van der Waals surface area (Å²) in [6.07, 6.45) is 0. The van der Waals surface area contributed by atoms with Crippen molar-refractivity contribution in [3.63, 3.8) is 0 Å². The Morgan fingerprint density at radius 2 is 1.69 bits per heavy atom. The maximum atomic E-state index is 12.6. The van der Waals surface area contributed by atoms with Gasteiger partial charge in [0.2, 0.25) is 0 Å². The van der Waals surface area contributed by atoms with Crippen LogP contribution in [0.4, 0.5) is 5.69 Å². The van der Waals surface area contributed by atoms with Gasteiger partial charge < -0.3 is 19.9 Å². The molecule has 3 N–H and O–H groups in total. The van der Waals surface area contributed by atoms with Crippen molar-refractivity contribution in [2.75, 3.05) is 38.6 Å². The van der Waals surface area contributed by atoms with Gasteiger partial charge in [-0.15, -0.1) is 0 Å². The third kappa shape index (κ3) is 4.84. The van der Waals surface area contributed by atoms with Crippen molar-refractivity contribution in [2.24, 2.45) is 0 Å². The van der Waals surface area contributed by atoms with Crippen LogP contribution in [-0.2, 0) is 11.3 Å². The molecular weight excluding hydrogens is 326 g/mol. The summed E-state index contributed by atoms with van der Waals surface area (Å²) in [4.78, 5) is 15.5. The van der Waals surface area contributed by atoms with E-state index in [0.29, 0.717) is 0 Å². The SMILES string of the molecule is COc1ccc(NC(=O)[C@H](C)[NH+]2CC[NH+](Cc3ccccc3)CC2)cc1. The van der Waals surface area contributed by atoms with Crippen molar-refractivity contribution < 1.29 is 19.3 Å². The van der Waals surface area contributed by atoms with Gasteiger partial charge in [0.05, 0.1) is 7.11 Å². The van der Waals surface area contributed by atoms with Crippen LogP contribution in [0.2, 0.25) is 0 Å². The molecule has 1 aliphatic heterocycles. The average molecular weight is 355 g/mol. The Kier molecular flexibility index (Phi) is 6.26. The number of ether oxygens (including phenoxy) is 1. The summed E-state index contributed by atoms with van der Waals surface area (Å²) in [6, 6.07) is 18.1. The molecule has 1 fully saturated rings. The highest BCUT2D eigenvalue weighted by Crippen LogP contribution is 2.14. The van der Waals surface area contributed by atoms with Crippen LogP contribution in [0.15, 0.2) is 54.6 Å². The molecule has 0 radical (unpaired) electrons. The molecule has 0 spiro atoms. The summed E-state index contributed by atoms with van der Waals surface area (Å²) < 4.78 is 5.15. The van der Waals surface area contributed by atoms with Gasteiger partial charge in [-0.05, 0) is 31.2 Å². The highest BCUT2D eigenvalue weighted by molar-refractivity contribution is 5.93. The van der Waals surface area contributed by atoms with Crippen molar-refractivity contribution >= 4 is 11.6 Å². The van der Waals surface area contributed by atoms with Crippen LogP contribution < -0.4 is 19.9 Å². The number of carbonyl (C=O) groups is 1. The lowest BCUT2D eigenvalue weighted by molar-refractivity contribution is -1.02. The number of piperazine rings is 1. The summed E-state index contributed by atoms with van der Waals surface area (Å²) in [7, 11) is 1.64. The molecule has 1 saturated heterocycles. The topological polar surface area (TPSA) is 47.2 Å². The van der Waals surface area contributed by atoms with Crippen molar-refractivity contribution in [1.82, 2.24) is 0 Å². The Labute approximate surface area is 155 Å². The molecule has 0 aliphatic carbocycles. The summed E-state index contributed by atoms with van der Waals surface area (Å²) in [5.41, 5.74) is 2.20. The van der Waals surface area contributed by atoms with E-state index in [4.69, 9.17) is 4.74 Å². The van der Waals surface area contributed by atoms with Gasteiger partial charge in [0.1, 0.15) is 38.5 Å². The monoisotopic (exact) mass is 355 g/mol. The molecule has 5 heteroatoms. The lowest BCUT2D eigenvalue weighted by Crippen LogP contribution is -3.29. The Balaban J connectivity index is 1.47. The molecule has 0 unspecified atom stereocenters. The lowest BCUT2D eigenvalue weighted by Gasteiger charge is -2.32. The summed E-state index contributed by atoms with van der Waals surface area (Å²) in [5, 5.41) is 3.02. The van der Waals surface area contributed by atoms with Crippen molar-refractivity contribution in [1.29, 1.82) is 0 Å². The van der Waals surface area contributed by atoms with Crippen LogP contribution in [0.5, 0.6) is 5.75 Å². The molecule has 2 aromatic carbocycles. The summed E-state index contributed by atoms with van der Waals surface area (Å²) in [6.45, 7) is 7.35. The quantitative estimate of drug-likeness (QED) is 0.684. The molecule has 1 amide bonds. The first-order valence-corrected chi connectivity index (χ1v) is 9.32. The second-order valence-electron chi connectivity index (χ2n) is 7.01. The Bertz CT molecular complexity index is 695. The van der Waals surface area contributed by atoms with Crippen LogP contribution in [0, 0.1) is 0 Å². The smallest absolute Gasteiger partial charge is 0.282 e. The molecule has 1 atom stereocenters. The standard InChI is InChI=1S/C21H27N3O2/c1-17(21(25)22-19-8-10-20(26-2)11-9-19)24-14-12-23(13-15-24)16-18-6-4-3-5-7-18/h3-11,17H,12-16H2,1-2H3,(H,22,25)/p+2/t17-/m0/s1. The van der Waals surface area contributed by atoms with Gasteiger partial charge in [0.25, 0.3) is 5.91 Å². The Morgan fingerprint density at radius 1 is 1.04 bits per heavy atom. The fourth-order valence-corrected chi connectivity index (χ4v) is 3.53. The van der Waals surface area contributed by atoms with Gasteiger partial charge in [-0.3, -0.25) is 4.79 Å². The van der Waals surface area contributed by atoms with Gasteiger partial charge >= 0.3 is 0 Å². The predicted molar refractivity (Wildman–Crippen MR) is 103 cm³/mol. The highest BCUT2D eigenvalue weighted by atomic mass is 16.5. The lowest BCUT2D eigenvalue weighted by atomic mass is 10.1. The van der Waals surface area contributed by atoms with Gasteiger partial charge in [-0.1, -0.05) is 30.3 Å². The van der Waals surface area contributed by atoms with Crippen molar-refractivity contribution in [2.45, 2.75) is 19.5 Å². The van der Waals surface area contributed by atoms with E-state index in [0.717, 1.165) is 44.2 Å². The van der Waals surface area contributed by atoms with E-state index >= 15 is 0 Å². The Hall–Kier alpha value is -2.37. The number of anilines is 1. The van der Waals surface area contributed by atoms with Crippen LogP contribution >= 0.6 is 0 Å². The van der Waals surface area contributed by atoms with Crippen LogP contribution in [0.1, 0.15) is 12.5 Å². The van der Waals surface area contributed by atoms with E-state index < -0.39 is 0 Å². The fraction of sp³-hybridized carbons (Fsp3) is 0.381. The predicted octanol–water partition coefficient (Wildman–Crippen LogP) is 0.00580. The number of methoxy groups -OCH3 is 1. The zero-order valence-electron chi connectivity index (χ0n) is 15.6. The second kappa shape index (κ2) is 8.83. The minimum atomic E-state index is -0.0459. The molecule has 0 saturated carbocycles. The van der Waals surface area contributed by atoms with E-state index in [2.05, 4.69) is 35.6 Å². The highest BCUT2D eigenvalue weighted by Gasteiger charge is 2.31. The molecule has 138 valence electrons. The zero-order chi connectivity index (χ0) is 18.4. The zero-order valence-corrected chi connectivity index (χ0v) is 15.6. The molecule has 5 nitrogen and oxygen atoms in total. The molecule has 1 aliphatic rings. The molecule has 0 bridgehead atoms. The number of quaternary nitrogens is 2.